The van der Waals surface area contributed by atoms with Crippen LogP contribution in [0.4, 0.5) is 14.9 Å². The van der Waals surface area contributed by atoms with Crippen LogP contribution in [0.2, 0.25) is 0 Å². The first-order valence-corrected chi connectivity index (χ1v) is 16.2. The third-order valence-corrected chi connectivity index (χ3v) is 9.17. The molecule has 2 aromatic heterocycles. The molecule has 11 heteroatoms. The lowest BCUT2D eigenvalue weighted by molar-refractivity contribution is -0.121. The highest BCUT2D eigenvalue weighted by Gasteiger charge is 2.43. The van der Waals surface area contributed by atoms with Crippen molar-refractivity contribution in [1.29, 1.82) is 0 Å². The Kier molecular flexibility index (Phi) is 8.54. The Balaban J connectivity index is 1.24. The van der Waals surface area contributed by atoms with Gasteiger partial charge in [0, 0.05) is 68.8 Å². The second-order valence-electron chi connectivity index (χ2n) is 14.7. The van der Waals surface area contributed by atoms with Crippen LogP contribution in [0.15, 0.2) is 55.0 Å². The molecule has 47 heavy (non-hydrogen) atoms. The summed E-state index contributed by atoms with van der Waals surface area (Å²) in [7, 11) is 0. The maximum atomic E-state index is 14.2. The number of fused-ring (bicyclic) bond motifs is 2. The zero-order valence-corrected chi connectivity index (χ0v) is 28.0. The third-order valence-electron chi connectivity index (χ3n) is 9.17. The maximum absolute atomic E-state index is 14.2. The Bertz CT molecular complexity index is 1690. The van der Waals surface area contributed by atoms with Gasteiger partial charge in [0.05, 0.1) is 23.5 Å². The van der Waals surface area contributed by atoms with Crippen LogP contribution >= 0.6 is 0 Å². The number of rotatable bonds is 6. The van der Waals surface area contributed by atoms with E-state index in [0.717, 1.165) is 28.1 Å². The third kappa shape index (κ3) is 6.86. The van der Waals surface area contributed by atoms with Gasteiger partial charge in [-0.15, -0.1) is 0 Å². The number of nitrogens with zero attached hydrogens (tertiary/aromatic N) is 6. The van der Waals surface area contributed by atoms with Crippen molar-refractivity contribution >= 4 is 23.6 Å². The van der Waals surface area contributed by atoms with Gasteiger partial charge in [0.15, 0.2) is 0 Å². The summed E-state index contributed by atoms with van der Waals surface area (Å²) in [5, 5.41) is 0. The number of ether oxygens (including phenoxy) is 1. The van der Waals surface area contributed by atoms with Crippen molar-refractivity contribution < 1.29 is 23.5 Å². The molecule has 0 unspecified atom stereocenters. The molecule has 3 aliphatic heterocycles. The van der Waals surface area contributed by atoms with Crippen LogP contribution in [-0.4, -0.2) is 93.0 Å². The number of carbonyl (C=O) groups excluding carboxylic acids is 3. The first-order valence-electron chi connectivity index (χ1n) is 16.2. The Morgan fingerprint density at radius 3 is 2.51 bits per heavy atom. The summed E-state index contributed by atoms with van der Waals surface area (Å²) < 4.78 is 19.2. The first kappa shape index (κ1) is 32.6. The van der Waals surface area contributed by atoms with Crippen LogP contribution in [0, 0.1) is 5.82 Å². The van der Waals surface area contributed by atoms with Crippen molar-refractivity contribution in [3.63, 3.8) is 0 Å². The van der Waals surface area contributed by atoms with Crippen LogP contribution in [-0.2, 0) is 27.9 Å². The van der Waals surface area contributed by atoms with E-state index < -0.39 is 11.7 Å². The number of benzene rings is 1. The van der Waals surface area contributed by atoms with Crippen LogP contribution in [0.5, 0.6) is 0 Å². The molecule has 0 N–H and O–H groups in total. The first-order chi connectivity index (χ1) is 22.2. The molecule has 0 radical (unpaired) electrons. The van der Waals surface area contributed by atoms with Gasteiger partial charge in [-0.05, 0) is 75.1 Å². The van der Waals surface area contributed by atoms with Crippen LogP contribution in [0.1, 0.15) is 74.3 Å². The van der Waals surface area contributed by atoms with E-state index in [0.29, 0.717) is 44.7 Å². The fraction of sp³-hybridized carbons (Fsp3) is 0.472. The summed E-state index contributed by atoms with van der Waals surface area (Å²) in [5.41, 5.74) is 4.05. The zero-order chi connectivity index (χ0) is 33.7. The highest BCUT2D eigenvalue weighted by Crippen LogP contribution is 2.40. The SMILES string of the molecule is C[C@@H]1CN(CC(=O)N2CC(C)(C)c3ncc(Cc4ccc(F)cc4)cc32)[C@@H](CN2Cc3ccncc3C2=O)CN1C(=O)OC(C)(C)C. The van der Waals surface area contributed by atoms with E-state index in [2.05, 4.69) is 23.7 Å². The van der Waals surface area contributed by atoms with E-state index >= 15 is 0 Å². The van der Waals surface area contributed by atoms with Crippen LogP contribution in [0.25, 0.3) is 0 Å². The molecule has 3 amide bonds. The molecular weight excluding hydrogens is 599 g/mol. The number of halogens is 1. The molecule has 3 aliphatic rings. The molecule has 1 fully saturated rings. The monoisotopic (exact) mass is 642 g/mol. The molecule has 1 aromatic carbocycles. The average Bonchev–Trinajstić information content (AvgIpc) is 3.46. The van der Waals surface area contributed by atoms with E-state index in [-0.39, 0.29) is 41.7 Å². The van der Waals surface area contributed by atoms with Gasteiger partial charge in [-0.25, -0.2) is 9.18 Å². The predicted octanol–water partition coefficient (Wildman–Crippen LogP) is 4.80. The molecular formula is C36H43FN6O4. The number of aromatic nitrogens is 2. The van der Waals surface area contributed by atoms with Crippen molar-refractivity contribution in [3.05, 3.63) is 88.8 Å². The molecule has 3 aromatic rings. The van der Waals surface area contributed by atoms with Gasteiger partial charge >= 0.3 is 6.09 Å². The molecule has 2 atom stereocenters. The van der Waals surface area contributed by atoms with Crippen molar-refractivity contribution in [2.24, 2.45) is 0 Å². The minimum Gasteiger partial charge on any atom is -0.444 e. The molecule has 0 saturated carbocycles. The average molecular weight is 643 g/mol. The predicted molar refractivity (Wildman–Crippen MR) is 176 cm³/mol. The largest absolute Gasteiger partial charge is 0.444 e. The lowest BCUT2D eigenvalue weighted by atomic mass is 9.91. The van der Waals surface area contributed by atoms with E-state index in [1.807, 2.05) is 50.9 Å². The second kappa shape index (κ2) is 12.3. The van der Waals surface area contributed by atoms with Gasteiger partial charge in [0.25, 0.3) is 5.91 Å². The molecule has 0 bridgehead atoms. The summed E-state index contributed by atoms with van der Waals surface area (Å²) in [6.07, 6.45) is 5.28. The fourth-order valence-corrected chi connectivity index (χ4v) is 6.85. The fourth-order valence-electron chi connectivity index (χ4n) is 6.85. The van der Waals surface area contributed by atoms with E-state index in [1.165, 1.54) is 12.1 Å². The van der Waals surface area contributed by atoms with Crippen molar-refractivity contribution in [2.75, 3.05) is 37.6 Å². The lowest BCUT2D eigenvalue weighted by Gasteiger charge is -2.46. The minimum atomic E-state index is -0.654. The van der Waals surface area contributed by atoms with Gasteiger partial charge in [-0.3, -0.25) is 24.5 Å². The van der Waals surface area contributed by atoms with Gasteiger partial charge in [-0.1, -0.05) is 26.0 Å². The molecule has 0 aliphatic carbocycles. The Morgan fingerprint density at radius 1 is 1.06 bits per heavy atom. The number of carbonyl (C=O) groups is 3. The van der Waals surface area contributed by atoms with E-state index in [4.69, 9.17) is 9.72 Å². The normalized spacial score (nSPS) is 20.7. The summed E-state index contributed by atoms with van der Waals surface area (Å²) in [4.78, 5) is 57.2. The summed E-state index contributed by atoms with van der Waals surface area (Å²) in [6, 6.07) is 9.77. The van der Waals surface area contributed by atoms with Gasteiger partial charge in [0.2, 0.25) is 5.91 Å². The molecule has 6 rings (SSSR count). The van der Waals surface area contributed by atoms with Crippen molar-refractivity contribution in [3.8, 4) is 0 Å². The van der Waals surface area contributed by atoms with Gasteiger partial charge in [0.1, 0.15) is 11.4 Å². The standard InChI is InChI=1S/C36H43FN6O4/c1-23-17-40(28(20-42(23)34(46)47-35(2,3)4)19-41-18-26-11-12-38-16-29(26)33(41)45)21-31(44)43-22-36(5,6)32-30(43)14-25(15-39-32)13-24-7-9-27(37)10-8-24/h7-12,14-16,23,28H,13,17-22H2,1-6H3/t23-,28+/m1/s1. The number of amides is 3. The number of anilines is 1. The molecule has 0 spiro atoms. The van der Waals surface area contributed by atoms with Crippen LogP contribution < -0.4 is 4.90 Å². The number of hydrogen-bond acceptors (Lipinski definition) is 7. The smallest absolute Gasteiger partial charge is 0.410 e. The lowest BCUT2D eigenvalue weighted by Crippen LogP contribution is -2.63. The molecule has 248 valence electrons. The maximum Gasteiger partial charge on any atom is 0.410 e. The summed E-state index contributed by atoms with van der Waals surface area (Å²) in [5.74, 6) is -0.452. The molecule has 10 nitrogen and oxygen atoms in total. The Hall–Kier alpha value is -4.38. The highest BCUT2D eigenvalue weighted by molar-refractivity contribution is 5.98. The Labute approximate surface area is 275 Å². The van der Waals surface area contributed by atoms with Gasteiger partial charge < -0.3 is 19.4 Å². The van der Waals surface area contributed by atoms with Crippen molar-refractivity contribution in [1.82, 2.24) is 24.7 Å². The number of piperazine rings is 1. The topological polar surface area (TPSA) is 99.2 Å². The summed E-state index contributed by atoms with van der Waals surface area (Å²) in [6.45, 7) is 13.8. The van der Waals surface area contributed by atoms with Crippen molar-refractivity contribution in [2.45, 2.75) is 77.6 Å². The highest BCUT2D eigenvalue weighted by atomic mass is 19.1. The summed E-state index contributed by atoms with van der Waals surface area (Å²) >= 11 is 0. The molecule has 1 saturated heterocycles. The van der Waals surface area contributed by atoms with Crippen LogP contribution in [0.3, 0.4) is 0 Å². The number of hydrogen-bond donors (Lipinski definition) is 0. The van der Waals surface area contributed by atoms with E-state index in [1.54, 1.807) is 34.3 Å². The van der Waals surface area contributed by atoms with E-state index in [9.17, 15) is 18.8 Å². The minimum absolute atomic E-state index is 0.0688. The quantitative estimate of drug-likeness (QED) is 0.381. The zero-order valence-electron chi connectivity index (χ0n) is 28.0. The number of pyridine rings is 2. The van der Waals surface area contributed by atoms with Gasteiger partial charge in [-0.2, -0.15) is 0 Å². The Morgan fingerprint density at radius 2 is 1.81 bits per heavy atom. The molecule has 5 heterocycles. The second-order valence-corrected chi connectivity index (χ2v) is 14.7.